The fraction of sp³-hybridized carbons (Fsp3) is 0.167. The molecule has 0 amide bonds. The third-order valence-corrected chi connectivity index (χ3v) is 4.16. The van der Waals surface area contributed by atoms with Gasteiger partial charge in [-0.1, -0.05) is 18.2 Å². The number of hydrogen-bond acceptors (Lipinski definition) is 6. The van der Waals surface area contributed by atoms with Crippen molar-refractivity contribution in [2.75, 3.05) is 0 Å². The van der Waals surface area contributed by atoms with E-state index in [2.05, 4.69) is 17.8 Å². The largest absolute Gasteiger partial charge is 0.357 e. The van der Waals surface area contributed by atoms with Gasteiger partial charge in [-0.05, 0) is 24.2 Å². The van der Waals surface area contributed by atoms with Crippen LogP contribution in [-0.2, 0) is 14.9 Å². The van der Waals surface area contributed by atoms with E-state index in [0.29, 0.717) is 0 Å². The monoisotopic (exact) mass is 313 g/mol. The van der Waals surface area contributed by atoms with Crippen molar-refractivity contribution in [3.63, 3.8) is 0 Å². The first kappa shape index (κ1) is 14.6. The number of thiol groups is 1. The number of benzene rings is 1. The van der Waals surface area contributed by atoms with E-state index in [1.54, 1.807) is 25.1 Å². The molecule has 0 saturated heterocycles. The molecule has 20 heavy (non-hydrogen) atoms. The van der Waals surface area contributed by atoms with Gasteiger partial charge < -0.3 is 8.71 Å². The van der Waals surface area contributed by atoms with E-state index in [0.717, 1.165) is 0 Å². The molecule has 0 saturated carbocycles. The molecule has 0 spiro atoms. The van der Waals surface area contributed by atoms with E-state index in [9.17, 15) is 13.2 Å². The van der Waals surface area contributed by atoms with Crippen molar-refractivity contribution in [2.45, 2.75) is 17.7 Å². The van der Waals surface area contributed by atoms with Crippen LogP contribution in [0.1, 0.15) is 18.6 Å². The zero-order chi connectivity index (χ0) is 14.8. The first-order valence-electron chi connectivity index (χ1n) is 5.59. The molecule has 1 aromatic carbocycles. The second-order valence-electron chi connectivity index (χ2n) is 3.98. The lowest BCUT2D eigenvalue weighted by molar-refractivity contribution is -0.112. The van der Waals surface area contributed by atoms with Gasteiger partial charge in [0.05, 0.1) is 5.92 Å². The summed E-state index contributed by atoms with van der Waals surface area (Å²) in [5.41, 5.74) is 0. The maximum atomic E-state index is 11.9. The smallest absolute Gasteiger partial charge is 0.340 e. The van der Waals surface area contributed by atoms with Crippen LogP contribution in [0.15, 0.2) is 45.8 Å². The molecule has 106 valence electrons. The molecule has 2 rings (SSSR count). The van der Waals surface area contributed by atoms with Gasteiger partial charge in [0.15, 0.2) is 10.9 Å². The summed E-state index contributed by atoms with van der Waals surface area (Å²) in [4.78, 5) is 11.1. The topological polar surface area (TPSA) is 86.5 Å². The highest BCUT2D eigenvalue weighted by molar-refractivity contribution is 7.96. The highest BCUT2D eigenvalue weighted by Crippen LogP contribution is 2.24. The summed E-state index contributed by atoms with van der Waals surface area (Å²) in [6, 6.07) is 8.89. The van der Waals surface area contributed by atoms with Crippen LogP contribution in [0.2, 0.25) is 0 Å². The van der Waals surface area contributed by atoms with E-state index in [-0.39, 0.29) is 16.5 Å². The van der Waals surface area contributed by atoms with Gasteiger partial charge in [0.1, 0.15) is 4.90 Å². The summed E-state index contributed by atoms with van der Waals surface area (Å²) in [5.74, 6) is -0.684. The Morgan fingerprint density at radius 1 is 1.35 bits per heavy atom. The Morgan fingerprint density at radius 2 is 2.00 bits per heavy atom. The predicted octanol–water partition coefficient (Wildman–Crippen LogP) is 2.00. The van der Waals surface area contributed by atoms with Crippen molar-refractivity contribution in [2.24, 2.45) is 0 Å². The van der Waals surface area contributed by atoms with Gasteiger partial charge in [-0.25, -0.2) is 0 Å². The fourth-order valence-corrected chi connectivity index (χ4v) is 2.40. The third-order valence-electron chi connectivity index (χ3n) is 2.53. The summed E-state index contributed by atoms with van der Waals surface area (Å²) in [6.45, 7) is 1.56. The molecule has 2 aromatic rings. The Labute approximate surface area is 121 Å². The Hall–Kier alpha value is -1.80. The molecule has 0 aliphatic carbocycles. The molecule has 0 bridgehead atoms. The Morgan fingerprint density at radius 3 is 2.60 bits per heavy atom. The molecule has 8 heteroatoms. The average Bonchev–Trinajstić information content (AvgIpc) is 2.86. The summed E-state index contributed by atoms with van der Waals surface area (Å²) >= 11 is 3.67. The van der Waals surface area contributed by atoms with Crippen LogP contribution < -0.4 is 4.18 Å². The van der Waals surface area contributed by atoms with Crippen LogP contribution in [0.5, 0.6) is 5.88 Å². The van der Waals surface area contributed by atoms with Crippen molar-refractivity contribution in [1.82, 2.24) is 5.16 Å². The number of nitrogens with zero attached hydrogens (tertiary/aromatic N) is 1. The fourth-order valence-electron chi connectivity index (χ4n) is 1.38. The summed E-state index contributed by atoms with van der Waals surface area (Å²) in [5, 5.41) is 3.05. The SMILES string of the molecule is CC(C(=O)S)c1cc(OS(=O)(=O)c2ccccc2)no1. The lowest BCUT2D eigenvalue weighted by Gasteiger charge is -2.02. The van der Waals surface area contributed by atoms with Crippen molar-refractivity contribution in [1.29, 1.82) is 0 Å². The van der Waals surface area contributed by atoms with E-state index >= 15 is 0 Å². The molecular weight excluding hydrogens is 302 g/mol. The Balaban J connectivity index is 2.21. The van der Waals surface area contributed by atoms with Gasteiger partial charge in [-0.15, -0.1) is 12.6 Å². The second kappa shape index (κ2) is 5.68. The lowest BCUT2D eigenvalue weighted by atomic mass is 10.1. The molecule has 1 atom stereocenters. The zero-order valence-corrected chi connectivity index (χ0v) is 12.1. The van der Waals surface area contributed by atoms with E-state index in [1.807, 2.05) is 0 Å². The molecule has 0 aliphatic heterocycles. The second-order valence-corrected chi connectivity index (χ2v) is 5.97. The Bertz CT molecular complexity index is 708. The molecule has 0 fully saturated rings. The van der Waals surface area contributed by atoms with Crippen molar-refractivity contribution in [3.05, 3.63) is 42.2 Å². The van der Waals surface area contributed by atoms with E-state index < -0.39 is 21.2 Å². The standard InChI is InChI=1S/C12H11NO5S2/c1-8(12(14)19)10-7-11(13-17-10)18-20(15,16)9-5-3-2-4-6-9/h2-8H,1H3,(H,14,19). The molecule has 0 aliphatic rings. The normalized spacial score (nSPS) is 12.9. The quantitative estimate of drug-likeness (QED) is 0.671. The minimum Gasteiger partial charge on any atom is -0.357 e. The molecule has 0 radical (unpaired) electrons. The molecule has 6 nitrogen and oxygen atoms in total. The summed E-state index contributed by atoms with van der Waals surface area (Å²) < 4.78 is 33.5. The maximum Gasteiger partial charge on any atom is 0.340 e. The van der Waals surface area contributed by atoms with E-state index in [4.69, 9.17) is 8.71 Å². The van der Waals surface area contributed by atoms with Gasteiger partial charge in [-0.3, -0.25) is 4.79 Å². The predicted molar refractivity (Wildman–Crippen MR) is 73.2 cm³/mol. The van der Waals surface area contributed by atoms with Crippen LogP contribution in [0.25, 0.3) is 0 Å². The number of carbonyl (C=O) groups excluding carboxylic acids is 1. The zero-order valence-electron chi connectivity index (χ0n) is 10.4. The minimum atomic E-state index is -3.97. The van der Waals surface area contributed by atoms with Crippen LogP contribution in [0.3, 0.4) is 0 Å². The van der Waals surface area contributed by atoms with E-state index in [1.165, 1.54) is 18.2 Å². The summed E-state index contributed by atoms with van der Waals surface area (Å²) in [7, 11) is -3.97. The van der Waals surface area contributed by atoms with Gasteiger partial charge in [0.25, 0.3) is 5.88 Å². The van der Waals surface area contributed by atoms with Crippen LogP contribution in [-0.4, -0.2) is 18.7 Å². The number of hydrogen-bond donors (Lipinski definition) is 1. The number of carbonyl (C=O) groups is 1. The molecule has 0 N–H and O–H groups in total. The highest BCUT2D eigenvalue weighted by Gasteiger charge is 2.22. The van der Waals surface area contributed by atoms with Crippen LogP contribution in [0, 0.1) is 0 Å². The highest BCUT2D eigenvalue weighted by atomic mass is 32.2. The third kappa shape index (κ3) is 3.20. The lowest BCUT2D eigenvalue weighted by Crippen LogP contribution is -2.09. The Kier molecular flexibility index (Phi) is 4.15. The minimum absolute atomic E-state index is 0.00266. The van der Waals surface area contributed by atoms with Gasteiger partial charge in [0.2, 0.25) is 0 Å². The summed E-state index contributed by atoms with van der Waals surface area (Å²) in [6.07, 6.45) is 0. The number of aromatic nitrogens is 1. The van der Waals surface area contributed by atoms with Crippen LogP contribution in [0.4, 0.5) is 0 Å². The number of rotatable bonds is 5. The maximum absolute atomic E-state index is 11.9. The van der Waals surface area contributed by atoms with Crippen molar-refractivity contribution < 1.29 is 21.9 Å². The molecule has 1 unspecified atom stereocenters. The van der Waals surface area contributed by atoms with Gasteiger partial charge >= 0.3 is 10.1 Å². The average molecular weight is 313 g/mol. The van der Waals surface area contributed by atoms with Crippen LogP contribution >= 0.6 is 12.6 Å². The first-order chi connectivity index (χ1) is 9.40. The van der Waals surface area contributed by atoms with Crippen molar-refractivity contribution in [3.8, 4) is 5.88 Å². The van der Waals surface area contributed by atoms with Gasteiger partial charge in [0, 0.05) is 6.07 Å². The molecular formula is C12H11NO5S2. The van der Waals surface area contributed by atoms with Gasteiger partial charge in [-0.2, -0.15) is 8.42 Å². The first-order valence-corrected chi connectivity index (χ1v) is 7.44. The molecule has 1 heterocycles. The van der Waals surface area contributed by atoms with Crippen molar-refractivity contribution >= 4 is 27.9 Å². The molecule has 1 aromatic heterocycles.